The molecule has 1 unspecified atom stereocenters. The van der Waals surface area contributed by atoms with Gasteiger partial charge in [0.2, 0.25) is 0 Å². The summed E-state index contributed by atoms with van der Waals surface area (Å²) in [5.74, 6) is -0.00113. The van der Waals surface area contributed by atoms with E-state index in [1.807, 2.05) is 6.92 Å². The number of β-amino-alcohol motifs (C(OH)–C–C–N with tert-alkyl or cyclic N) is 1. The standard InChI is InChI=1S/C13H18N2O2S/c1-2-13(17)6-7-15(8-13)12(16)11-14-9-4-3-5-10(9)18-11/h17H,2-8H2,1H3. The summed E-state index contributed by atoms with van der Waals surface area (Å²) in [5, 5.41) is 10.8. The summed E-state index contributed by atoms with van der Waals surface area (Å²) in [6.45, 7) is 3.06. The van der Waals surface area contributed by atoms with Crippen molar-refractivity contribution in [3.8, 4) is 0 Å². The molecule has 1 N–H and O–H groups in total. The van der Waals surface area contributed by atoms with Gasteiger partial charge in [-0.25, -0.2) is 4.98 Å². The van der Waals surface area contributed by atoms with E-state index in [-0.39, 0.29) is 5.91 Å². The van der Waals surface area contributed by atoms with Gasteiger partial charge >= 0.3 is 0 Å². The van der Waals surface area contributed by atoms with Crippen LogP contribution in [-0.4, -0.2) is 39.6 Å². The predicted molar refractivity (Wildman–Crippen MR) is 69.9 cm³/mol. The minimum absolute atomic E-state index is 0.00113. The van der Waals surface area contributed by atoms with Gasteiger partial charge in [0, 0.05) is 18.0 Å². The number of carbonyl (C=O) groups excluding carboxylic acids is 1. The first-order valence-electron chi connectivity index (χ1n) is 6.61. The number of carbonyl (C=O) groups is 1. The van der Waals surface area contributed by atoms with Gasteiger partial charge in [-0.1, -0.05) is 6.92 Å². The molecule has 2 aliphatic rings. The highest BCUT2D eigenvalue weighted by molar-refractivity contribution is 7.13. The van der Waals surface area contributed by atoms with Crippen molar-refractivity contribution in [1.29, 1.82) is 0 Å². The SMILES string of the molecule is CCC1(O)CCN(C(=O)c2nc3c(s2)CCC3)C1. The van der Waals surface area contributed by atoms with Gasteiger partial charge in [0.25, 0.3) is 5.91 Å². The van der Waals surface area contributed by atoms with Crippen LogP contribution in [0.25, 0.3) is 0 Å². The Kier molecular flexibility index (Phi) is 2.90. The molecule has 1 atom stereocenters. The number of hydrogen-bond donors (Lipinski definition) is 1. The first-order valence-corrected chi connectivity index (χ1v) is 7.43. The average molecular weight is 266 g/mol. The zero-order chi connectivity index (χ0) is 12.8. The molecule has 4 nitrogen and oxygen atoms in total. The number of hydrogen-bond acceptors (Lipinski definition) is 4. The van der Waals surface area contributed by atoms with Gasteiger partial charge in [0.05, 0.1) is 11.3 Å². The van der Waals surface area contributed by atoms with E-state index >= 15 is 0 Å². The largest absolute Gasteiger partial charge is 0.388 e. The molecule has 1 amide bonds. The zero-order valence-electron chi connectivity index (χ0n) is 10.6. The third-order valence-corrected chi connectivity index (χ3v) is 5.20. The van der Waals surface area contributed by atoms with Crippen molar-refractivity contribution < 1.29 is 9.90 Å². The molecule has 1 fully saturated rings. The Hall–Kier alpha value is -0.940. The number of aliphatic hydroxyl groups is 1. The Labute approximate surface area is 111 Å². The Morgan fingerprint density at radius 1 is 1.56 bits per heavy atom. The number of rotatable bonds is 2. The number of likely N-dealkylation sites (tertiary alicyclic amines) is 1. The highest BCUT2D eigenvalue weighted by atomic mass is 32.1. The second kappa shape index (κ2) is 4.31. The molecular formula is C13H18N2O2S. The van der Waals surface area contributed by atoms with Crippen LogP contribution in [0.2, 0.25) is 0 Å². The van der Waals surface area contributed by atoms with Crippen LogP contribution in [0.1, 0.15) is 46.6 Å². The highest BCUT2D eigenvalue weighted by Crippen LogP contribution is 2.30. The molecular weight excluding hydrogens is 248 g/mol. The molecule has 0 spiro atoms. The molecule has 1 aliphatic carbocycles. The summed E-state index contributed by atoms with van der Waals surface area (Å²) < 4.78 is 0. The lowest BCUT2D eigenvalue weighted by molar-refractivity contribution is 0.0413. The van der Waals surface area contributed by atoms with Crippen LogP contribution in [-0.2, 0) is 12.8 Å². The fourth-order valence-corrected chi connectivity index (χ4v) is 3.85. The average Bonchev–Trinajstić information content (AvgIpc) is 3.01. The van der Waals surface area contributed by atoms with E-state index in [1.54, 1.807) is 16.2 Å². The van der Waals surface area contributed by atoms with Crippen LogP contribution in [0.15, 0.2) is 0 Å². The van der Waals surface area contributed by atoms with Gasteiger partial charge in [-0.3, -0.25) is 4.79 Å². The first-order chi connectivity index (χ1) is 8.61. The smallest absolute Gasteiger partial charge is 0.282 e. The van der Waals surface area contributed by atoms with E-state index in [1.165, 1.54) is 11.3 Å². The quantitative estimate of drug-likeness (QED) is 0.885. The topological polar surface area (TPSA) is 53.4 Å². The molecule has 0 aromatic carbocycles. The Bertz CT molecular complexity index is 464. The van der Waals surface area contributed by atoms with E-state index in [0.717, 1.165) is 18.5 Å². The van der Waals surface area contributed by atoms with Crippen molar-refractivity contribution in [2.24, 2.45) is 0 Å². The lowest BCUT2D eigenvalue weighted by Gasteiger charge is -2.20. The molecule has 0 bridgehead atoms. The van der Waals surface area contributed by atoms with Crippen molar-refractivity contribution in [2.45, 2.75) is 44.6 Å². The van der Waals surface area contributed by atoms with Crippen molar-refractivity contribution in [3.05, 3.63) is 15.6 Å². The highest BCUT2D eigenvalue weighted by Gasteiger charge is 2.37. The van der Waals surface area contributed by atoms with E-state index in [2.05, 4.69) is 4.98 Å². The van der Waals surface area contributed by atoms with Gasteiger partial charge < -0.3 is 10.0 Å². The van der Waals surface area contributed by atoms with E-state index in [0.29, 0.717) is 30.9 Å². The van der Waals surface area contributed by atoms with E-state index in [9.17, 15) is 9.90 Å². The maximum absolute atomic E-state index is 12.3. The monoisotopic (exact) mass is 266 g/mol. The second-order valence-electron chi connectivity index (χ2n) is 5.30. The number of nitrogens with zero attached hydrogens (tertiary/aromatic N) is 2. The Balaban J connectivity index is 1.75. The molecule has 5 heteroatoms. The van der Waals surface area contributed by atoms with Gasteiger partial charge in [-0.05, 0) is 32.1 Å². The van der Waals surface area contributed by atoms with Gasteiger partial charge in [0.1, 0.15) is 0 Å². The van der Waals surface area contributed by atoms with Crippen LogP contribution < -0.4 is 0 Å². The van der Waals surface area contributed by atoms with Crippen LogP contribution in [0.4, 0.5) is 0 Å². The van der Waals surface area contributed by atoms with E-state index < -0.39 is 5.60 Å². The molecule has 1 aromatic heterocycles. The lowest BCUT2D eigenvalue weighted by Crippen LogP contribution is -2.35. The molecule has 0 radical (unpaired) electrons. The van der Waals surface area contributed by atoms with Gasteiger partial charge in [0.15, 0.2) is 5.01 Å². The number of thiazole rings is 1. The van der Waals surface area contributed by atoms with Crippen molar-refractivity contribution in [1.82, 2.24) is 9.88 Å². The number of aromatic nitrogens is 1. The summed E-state index contributed by atoms with van der Waals surface area (Å²) in [7, 11) is 0. The maximum atomic E-state index is 12.3. The minimum Gasteiger partial charge on any atom is -0.388 e. The molecule has 18 heavy (non-hydrogen) atoms. The summed E-state index contributed by atoms with van der Waals surface area (Å²) >= 11 is 1.54. The molecule has 1 aromatic rings. The van der Waals surface area contributed by atoms with Crippen molar-refractivity contribution in [2.75, 3.05) is 13.1 Å². The van der Waals surface area contributed by atoms with Gasteiger partial charge in [-0.2, -0.15) is 0 Å². The first kappa shape index (κ1) is 12.1. The summed E-state index contributed by atoms with van der Waals surface area (Å²) in [6, 6.07) is 0. The summed E-state index contributed by atoms with van der Waals surface area (Å²) in [5.41, 5.74) is 0.434. The third-order valence-electron chi connectivity index (χ3n) is 4.06. The van der Waals surface area contributed by atoms with Crippen LogP contribution in [0.5, 0.6) is 0 Å². The number of aryl methyl sites for hydroxylation is 2. The van der Waals surface area contributed by atoms with Crippen LogP contribution in [0.3, 0.4) is 0 Å². The van der Waals surface area contributed by atoms with Gasteiger partial charge in [-0.15, -0.1) is 11.3 Å². The Morgan fingerprint density at radius 3 is 3.06 bits per heavy atom. The fourth-order valence-electron chi connectivity index (χ4n) is 2.74. The van der Waals surface area contributed by atoms with E-state index in [4.69, 9.17) is 0 Å². The molecule has 1 aliphatic heterocycles. The Morgan fingerprint density at radius 2 is 2.39 bits per heavy atom. The minimum atomic E-state index is -0.685. The molecule has 0 saturated carbocycles. The fraction of sp³-hybridized carbons (Fsp3) is 0.692. The third kappa shape index (κ3) is 1.95. The van der Waals surface area contributed by atoms with Crippen LogP contribution >= 0.6 is 11.3 Å². The molecule has 2 heterocycles. The summed E-state index contributed by atoms with van der Waals surface area (Å²) in [4.78, 5) is 19.8. The maximum Gasteiger partial charge on any atom is 0.282 e. The van der Waals surface area contributed by atoms with Crippen LogP contribution in [0, 0.1) is 0 Å². The number of amides is 1. The van der Waals surface area contributed by atoms with Crippen molar-refractivity contribution >= 4 is 17.2 Å². The second-order valence-corrected chi connectivity index (χ2v) is 6.38. The summed E-state index contributed by atoms with van der Waals surface area (Å²) in [6.07, 6.45) is 4.63. The zero-order valence-corrected chi connectivity index (χ0v) is 11.4. The predicted octanol–water partition coefficient (Wildman–Crippen LogP) is 1.62. The molecule has 3 rings (SSSR count). The molecule has 98 valence electrons. The molecule has 1 saturated heterocycles. The van der Waals surface area contributed by atoms with Crippen molar-refractivity contribution in [3.63, 3.8) is 0 Å². The normalized spacial score (nSPS) is 26.7. The lowest BCUT2D eigenvalue weighted by atomic mass is 10.0. The number of fused-ring (bicyclic) bond motifs is 1.